The quantitative estimate of drug-likeness (QED) is 0.738. The second-order valence-corrected chi connectivity index (χ2v) is 4.54. The van der Waals surface area contributed by atoms with Crippen LogP contribution in [0.3, 0.4) is 0 Å². The molecule has 6 heteroatoms. The van der Waals surface area contributed by atoms with Crippen molar-refractivity contribution in [3.05, 3.63) is 64.2 Å². The van der Waals surface area contributed by atoms with Crippen molar-refractivity contribution in [2.75, 3.05) is 7.11 Å². The molecule has 0 spiro atoms. The normalized spacial score (nSPS) is 10.8. The van der Waals surface area contributed by atoms with Gasteiger partial charge in [0, 0.05) is 0 Å². The molecule has 0 saturated carbocycles. The minimum Gasteiger partial charge on any atom is -0.494 e. The zero-order valence-electron chi connectivity index (χ0n) is 11.3. The van der Waals surface area contributed by atoms with Gasteiger partial charge in [0.1, 0.15) is 5.52 Å². The van der Waals surface area contributed by atoms with Gasteiger partial charge in [-0.15, -0.1) is 5.10 Å². The molecule has 1 aromatic heterocycles. The molecular weight excluding hydrogens is 273 g/mol. The van der Waals surface area contributed by atoms with Crippen molar-refractivity contribution in [1.82, 2.24) is 15.0 Å². The minimum absolute atomic E-state index is 0.150. The summed E-state index contributed by atoms with van der Waals surface area (Å²) in [6, 6.07) is 11.5. The molecule has 0 unspecified atom stereocenters. The van der Waals surface area contributed by atoms with E-state index in [9.17, 15) is 9.18 Å². The predicted molar refractivity (Wildman–Crippen MR) is 75.9 cm³/mol. The van der Waals surface area contributed by atoms with E-state index < -0.39 is 5.82 Å². The van der Waals surface area contributed by atoms with E-state index in [0.717, 1.165) is 0 Å². The van der Waals surface area contributed by atoms with Gasteiger partial charge in [-0.05, 0) is 29.8 Å². The second-order valence-electron chi connectivity index (χ2n) is 4.54. The number of nitrogens with zero attached hydrogens (tertiary/aromatic N) is 3. The van der Waals surface area contributed by atoms with E-state index in [1.165, 1.54) is 23.9 Å². The third-order valence-corrected chi connectivity index (χ3v) is 3.18. The van der Waals surface area contributed by atoms with Gasteiger partial charge < -0.3 is 4.74 Å². The molecular formula is C15H12FN3O2. The molecule has 5 nitrogen and oxygen atoms in total. The summed E-state index contributed by atoms with van der Waals surface area (Å²) in [5.74, 6) is -0.313. The van der Waals surface area contributed by atoms with E-state index in [1.54, 1.807) is 30.3 Å². The standard InChI is InChI=1S/C15H12FN3O2/c1-21-14-7-6-10(8-12(14)16)9-19-15(20)11-4-2-3-5-13(11)17-18-19/h2-8H,9H2,1H3. The summed E-state index contributed by atoms with van der Waals surface area (Å²) in [5.41, 5.74) is 0.900. The molecule has 0 saturated heterocycles. The Labute approximate surface area is 119 Å². The monoisotopic (exact) mass is 285 g/mol. The molecule has 3 aromatic rings. The number of fused-ring (bicyclic) bond motifs is 1. The lowest BCUT2D eigenvalue weighted by Crippen LogP contribution is -2.24. The van der Waals surface area contributed by atoms with Crippen molar-refractivity contribution >= 4 is 10.9 Å². The van der Waals surface area contributed by atoms with Crippen LogP contribution in [-0.4, -0.2) is 22.1 Å². The summed E-state index contributed by atoms with van der Waals surface area (Å²) in [6.45, 7) is 0.150. The Balaban J connectivity index is 2.00. The van der Waals surface area contributed by atoms with Crippen LogP contribution < -0.4 is 10.3 Å². The molecule has 0 fully saturated rings. The van der Waals surface area contributed by atoms with E-state index in [4.69, 9.17) is 4.74 Å². The Hall–Kier alpha value is -2.76. The van der Waals surface area contributed by atoms with Crippen LogP contribution in [0.1, 0.15) is 5.56 Å². The SMILES string of the molecule is COc1ccc(Cn2nnc3ccccc3c2=O)cc1F. The number of hydrogen-bond acceptors (Lipinski definition) is 4. The fourth-order valence-electron chi connectivity index (χ4n) is 2.11. The highest BCUT2D eigenvalue weighted by atomic mass is 19.1. The van der Waals surface area contributed by atoms with Gasteiger partial charge in [0.25, 0.3) is 5.56 Å². The topological polar surface area (TPSA) is 57.0 Å². The van der Waals surface area contributed by atoms with Gasteiger partial charge in [-0.1, -0.05) is 23.4 Å². The third kappa shape index (κ3) is 2.47. The van der Waals surface area contributed by atoms with E-state index in [2.05, 4.69) is 10.3 Å². The van der Waals surface area contributed by atoms with Crippen LogP contribution in [0.5, 0.6) is 5.75 Å². The maximum absolute atomic E-state index is 13.7. The number of methoxy groups -OCH3 is 1. The van der Waals surface area contributed by atoms with Gasteiger partial charge in [-0.3, -0.25) is 4.79 Å². The molecule has 0 amide bonds. The summed E-state index contributed by atoms with van der Waals surface area (Å²) in [6.07, 6.45) is 0. The van der Waals surface area contributed by atoms with Crippen molar-refractivity contribution in [3.8, 4) is 5.75 Å². The molecule has 106 valence electrons. The van der Waals surface area contributed by atoms with Crippen LogP contribution in [0.2, 0.25) is 0 Å². The molecule has 0 aliphatic heterocycles. The van der Waals surface area contributed by atoms with E-state index >= 15 is 0 Å². The average molecular weight is 285 g/mol. The van der Waals surface area contributed by atoms with Gasteiger partial charge in [0.05, 0.1) is 19.0 Å². The Morgan fingerprint density at radius 2 is 2.05 bits per heavy atom. The molecule has 0 N–H and O–H groups in total. The Kier molecular flexibility index (Phi) is 3.35. The van der Waals surface area contributed by atoms with Crippen molar-refractivity contribution in [3.63, 3.8) is 0 Å². The lowest BCUT2D eigenvalue weighted by Gasteiger charge is -2.07. The van der Waals surface area contributed by atoms with Crippen molar-refractivity contribution in [2.24, 2.45) is 0 Å². The highest BCUT2D eigenvalue weighted by molar-refractivity contribution is 5.76. The molecule has 0 aliphatic rings. The van der Waals surface area contributed by atoms with Gasteiger partial charge >= 0.3 is 0 Å². The second kappa shape index (κ2) is 5.32. The first-order chi connectivity index (χ1) is 10.2. The molecule has 2 aromatic carbocycles. The van der Waals surface area contributed by atoms with E-state index in [0.29, 0.717) is 16.5 Å². The summed E-state index contributed by atoms with van der Waals surface area (Å²) in [4.78, 5) is 12.3. The molecule has 3 rings (SSSR count). The third-order valence-electron chi connectivity index (χ3n) is 3.18. The number of benzene rings is 2. The van der Waals surface area contributed by atoms with Crippen LogP contribution in [0.4, 0.5) is 4.39 Å². The minimum atomic E-state index is -0.475. The highest BCUT2D eigenvalue weighted by Gasteiger charge is 2.08. The molecule has 0 radical (unpaired) electrons. The number of aromatic nitrogens is 3. The fraction of sp³-hybridized carbons (Fsp3) is 0.133. The van der Waals surface area contributed by atoms with E-state index in [-0.39, 0.29) is 17.9 Å². The fourth-order valence-corrected chi connectivity index (χ4v) is 2.11. The summed E-state index contributed by atoms with van der Waals surface area (Å²) >= 11 is 0. The summed E-state index contributed by atoms with van der Waals surface area (Å²) in [5, 5.41) is 8.35. The van der Waals surface area contributed by atoms with Crippen LogP contribution in [0.25, 0.3) is 10.9 Å². The van der Waals surface area contributed by atoms with Gasteiger partial charge in [-0.25, -0.2) is 9.07 Å². The first-order valence-corrected chi connectivity index (χ1v) is 6.34. The van der Waals surface area contributed by atoms with Crippen molar-refractivity contribution < 1.29 is 9.13 Å². The first kappa shape index (κ1) is 13.2. The molecule has 21 heavy (non-hydrogen) atoms. The van der Waals surface area contributed by atoms with Crippen molar-refractivity contribution in [1.29, 1.82) is 0 Å². The van der Waals surface area contributed by atoms with Crippen LogP contribution in [0.15, 0.2) is 47.3 Å². The zero-order valence-corrected chi connectivity index (χ0v) is 11.3. The summed E-state index contributed by atoms with van der Waals surface area (Å²) < 4.78 is 19.7. The van der Waals surface area contributed by atoms with Gasteiger partial charge in [-0.2, -0.15) is 0 Å². The molecule has 0 atom stereocenters. The largest absolute Gasteiger partial charge is 0.494 e. The summed E-state index contributed by atoms with van der Waals surface area (Å²) in [7, 11) is 1.40. The Morgan fingerprint density at radius 3 is 2.81 bits per heavy atom. The number of rotatable bonds is 3. The number of ether oxygens (including phenoxy) is 1. The first-order valence-electron chi connectivity index (χ1n) is 6.34. The zero-order chi connectivity index (χ0) is 14.8. The number of hydrogen-bond donors (Lipinski definition) is 0. The smallest absolute Gasteiger partial charge is 0.277 e. The average Bonchev–Trinajstić information content (AvgIpc) is 2.51. The van der Waals surface area contributed by atoms with Crippen LogP contribution in [0, 0.1) is 5.82 Å². The molecule has 0 aliphatic carbocycles. The molecule has 0 bridgehead atoms. The van der Waals surface area contributed by atoms with Gasteiger partial charge in [0.15, 0.2) is 11.6 Å². The van der Waals surface area contributed by atoms with Gasteiger partial charge in [0.2, 0.25) is 0 Å². The lowest BCUT2D eigenvalue weighted by molar-refractivity contribution is 0.386. The lowest BCUT2D eigenvalue weighted by atomic mass is 10.2. The maximum Gasteiger partial charge on any atom is 0.277 e. The maximum atomic E-state index is 13.7. The molecule has 1 heterocycles. The number of halogens is 1. The van der Waals surface area contributed by atoms with Crippen molar-refractivity contribution in [2.45, 2.75) is 6.54 Å². The van der Waals surface area contributed by atoms with Crippen LogP contribution in [-0.2, 0) is 6.54 Å². The van der Waals surface area contributed by atoms with E-state index in [1.807, 2.05) is 0 Å². The Bertz CT molecular complexity index is 861. The Morgan fingerprint density at radius 1 is 1.24 bits per heavy atom. The van der Waals surface area contributed by atoms with Crippen LogP contribution >= 0.6 is 0 Å². The predicted octanol–water partition coefficient (Wildman–Crippen LogP) is 1.99. The highest BCUT2D eigenvalue weighted by Crippen LogP contribution is 2.17.